The summed E-state index contributed by atoms with van der Waals surface area (Å²) in [5.74, 6) is 1.88. The van der Waals surface area contributed by atoms with Crippen molar-refractivity contribution < 1.29 is 14.3 Å². The number of hydrogen-bond acceptors (Lipinski definition) is 4. The van der Waals surface area contributed by atoms with Gasteiger partial charge >= 0.3 is 0 Å². The number of nitrogens with zero attached hydrogens (tertiary/aromatic N) is 2. The van der Waals surface area contributed by atoms with Gasteiger partial charge in [0.2, 0.25) is 5.91 Å². The van der Waals surface area contributed by atoms with Gasteiger partial charge in [-0.25, -0.2) is 0 Å². The number of likely N-dealkylation sites (tertiary alicyclic amines) is 1. The number of piperidine rings is 1. The fourth-order valence-corrected chi connectivity index (χ4v) is 5.74. The molecule has 2 aliphatic rings. The number of carbonyl (C=O) groups excluding carboxylic acids is 1. The zero-order valence-corrected chi connectivity index (χ0v) is 22.0. The van der Waals surface area contributed by atoms with Crippen molar-refractivity contribution in [3.05, 3.63) is 58.7 Å². The molecule has 36 heavy (non-hydrogen) atoms. The molecule has 192 valence electrons. The highest BCUT2D eigenvalue weighted by Crippen LogP contribution is 2.38. The summed E-state index contributed by atoms with van der Waals surface area (Å²) in [5, 5.41) is 1.78. The van der Waals surface area contributed by atoms with E-state index in [1.807, 2.05) is 23.2 Å². The number of aromatic amines is 1. The first kappa shape index (κ1) is 25.0. The van der Waals surface area contributed by atoms with Crippen molar-refractivity contribution in [1.82, 2.24) is 14.8 Å². The number of halogens is 1. The van der Waals surface area contributed by atoms with Crippen LogP contribution in [-0.4, -0.2) is 53.5 Å². The van der Waals surface area contributed by atoms with E-state index in [1.54, 1.807) is 0 Å². The molecule has 0 saturated carbocycles. The van der Waals surface area contributed by atoms with Crippen LogP contribution in [0.25, 0.3) is 10.9 Å². The van der Waals surface area contributed by atoms with Gasteiger partial charge in [0.1, 0.15) is 0 Å². The lowest BCUT2D eigenvalue weighted by Crippen LogP contribution is -2.45. The molecule has 0 bridgehead atoms. The van der Waals surface area contributed by atoms with Crippen LogP contribution in [-0.2, 0) is 17.9 Å². The first-order valence-corrected chi connectivity index (χ1v) is 13.5. The molecule has 0 radical (unpaired) electrons. The Balaban J connectivity index is 1.30. The maximum absolute atomic E-state index is 13.8. The Morgan fingerprint density at radius 2 is 2.06 bits per heavy atom. The average Bonchev–Trinajstić information content (AvgIpc) is 3.22. The molecule has 0 spiro atoms. The van der Waals surface area contributed by atoms with E-state index in [-0.39, 0.29) is 11.8 Å². The highest BCUT2D eigenvalue weighted by molar-refractivity contribution is 6.32. The van der Waals surface area contributed by atoms with Crippen LogP contribution in [0.1, 0.15) is 44.2 Å². The largest absolute Gasteiger partial charge is 0.489 e. The Morgan fingerprint density at radius 1 is 1.19 bits per heavy atom. The smallest absolute Gasteiger partial charge is 0.227 e. The molecule has 6 nitrogen and oxygen atoms in total. The molecule has 1 saturated heterocycles. The van der Waals surface area contributed by atoms with Gasteiger partial charge in [0.25, 0.3) is 0 Å². The SMILES string of the molecule is CC(C)CN(Cc1cc(Cl)c2c(c1)OCCCO2)C(=O)[C@@H]1CCCN(Cc2cccc3cc[nH]c23)C1. The van der Waals surface area contributed by atoms with Gasteiger partial charge in [0.05, 0.1) is 24.2 Å². The van der Waals surface area contributed by atoms with Crippen molar-refractivity contribution in [3.8, 4) is 11.5 Å². The van der Waals surface area contributed by atoms with Crippen molar-refractivity contribution in [2.24, 2.45) is 11.8 Å². The summed E-state index contributed by atoms with van der Waals surface area (Å²) < 4.78 is 11.7. The van der Waals surface area contributed by atoms with Crippen LogP contribution in [0.15, 0.2) is 42.6 Å². The number of para-hydroxylation sites is 1. The molecule has 1 amide bonds. The van der Waals surface area contributed by atoms with Crippen LogP contribution < -0.4 is 9.47 Å². The highest BCUT2D eigenvalue weighted by Gasteiger charge is 2.30. The van der Waals surface area contributed by atoms with E-state index in [0.29, 0.717) is 48.7 Å². The first-order chi connectivity index (χ1) is 17.5. The maximum atomic E-state index is 13.8. The highest BCUT2D eigenvalue weighted by atomic mass is 35.5. The minimum Gasteiger partial charge on any atom is -0.489 e. The zero-order chi connectivity index (χ0) is 25.1. The lowest BCUT2D eigenvalue weighted by atomic mass is 9.95. The minimum absolute atomic E-state index is 0.00349. The molecule has 0 unspecified atom stereocenters. The van der Waals surface area contributed by atoms with Gasteiger partial charge in [-0.2, -0.15) is 0 Å². The quantitative estimate of drug-likeness (QED) is 0.432. The van der Waals surface area contributed by atoms with Gasteiger partial charge in [-0.15, -0.1) is 0 Å². The first-order valence-electron chi connectivity index (χ1n) is 13.1. The molecule has 3 aromatic rings. The van der Waals surface area contributed by atoms with Crippen molar-refractivity contribution in [3.63, 3.8) is 0 Å². The van der Waals surface area contributed by atoms with Gasteiger partial charge in [-0.1, -0.05) is 43.6 Å². The maximum Gasteiger partial charge on any atom is 0.227 e. The van der Waals surface area contributed by atoms with E-state index in [9.17, 15) is 4.79 Å². The van der Waals surface area contributed by atoms with Gasteiger partial charge < -0.3 is 19.4 Å². The van der Waals surface area contributed by atoms with Crippen molar-refractivity contribution in [2.75, 3.05) is 32.8 Å². The molecular weight excluding hydrogens is 474 g/mol. The van der Waals surface area contributed by atoms with Crippen molar-refractivity contribution >= 4 is 28.4 Å². The van der Waals surface area contributed by atoms with Crippen LogP contribution >= 0.6 is 11.6 Å². The Bertz CT molecular complexity index is 1210. The molecule has 2 aromatic carbocycles. The lowest BCUT2D eigenvalue weighted by Gasteiger charge is -2.36. The molecule has 1 fully saturated rings. The van der Waals surface area contributed by atoms with Crippen molar-refractivity contribution in [1.29, 1.82) is 0 Å². The Kier molecular flexibility index (Phi) is 7.73. The summed E-state index contributed by atoms with van der Waals surface area (Å²) in [5.41, 5.74) is 3.45. The Morgan fingerprint density at radius 3 is 2.92 bits per heavy atom. The molecule has 0 aliphatic carbocycles. The zero-order valence-electron chi connectivity index (χ0n) is 21.3. The minimum atomic E-state index is -0.00349. The molecule has 1 N–H and O–H groups in total. The fourth-order valence-electron chi connectivity index (χ4n) is 5.45. The number of fused-ring (bicyclic) bond motifs is 2. The number of H-pyrrole nitrogens is 1. The fraction of sp³-hybridized carbons (Fsp3) is 0.483. The number of ether oxygens (including phenoxy) is 2. The molecule has 2 aliphatic heterocycles. The summed E-state index contributed by atoms with van der Waals surface area (Å²) in [7, 11) is 0. The van der Waals surface area contributed by atoms with E-state index >= 15 is 0 Å². The second kappa shape index (κ2) is 11.1. The second-order valence-electron chi connectivity index (χ2n) is 10.5. The van der Waals surface area contributed by atoms with E-state index < -0.39 is 0 Å². The summed E-state index contributed by atoms with van der Waals surface area (Å²) in [6, 6.07) is 12.4. The number of carbonyl (C=O) groups is 1. The molecular formula is C29H36ClN3O3. The third-order valence-corrected chi connectivity index (χ3v) is 7.34. The van der Waals surface area contributed by atoms with Crippen LogP contribution in [0, 0.1) is 11.8 Å². The van der Waals surface area contributed by atoms with E-state index in [1.165, 1.54) is 16.5 Å². The number of amides is 1. The standard InChI is InChI=1S/C29H36ClN3O3/c1-20(2)16-33(17-21-14-25(30)28-26(15-21)35-12-5-13-36-28)29(34)24-8-4-11-32(19-24)18-23-7-3-6-22-9-10-31-27(22)23/h3,6-7,9-10,14-15,20,24,31H,4-5,8,11-13,16-19H2,1-2H3/t24-/m1/s1. The monoisotopic (exact) mass is 509 g/mol. The predicted octanol–water partition coefficient (Wildman–Crippen LogP) is 5.88. The summed E-state index contributed by atoms with van der Waals surface area (Å²) in [4.78, 5) is 21.7. The molecule has 3 heterocycles. The van der Waals surface area contributed by atoms with Gasteiger partial charge in [0.15, 0.2) is 11.5 Å². The summed E-state index contributed by atoms with van der Waals surface area (Å²) >= 11 is 6.55. The second-order valence-corrected chi connectivity index (χ2v) is 10.9. The third-order valence-electron chi connectivity index (χ3n) is 7.05. The molecule has 1 atom stereocenters. The Hall–Kier alpha value is -2.70. The molecule has 7 heteroatoms. The summed E-state index contributed by atoms with van der Waals surface area (Å²) in [6.07, 6.45) is 4.78. The van der Waals surface area contributed by atoms with Crippen molar-refractivity contribution in [2.45, 2.75) is 46.2 Å². The van der Waals surface area contributed by atoms with E-state index in [2.05, 4.69) is 48.0 Å². The normalized spacial score (nSPS) is 18.4. The number of hydrogen-bond donors (Lipinski definition) is 1. The van der Waals surface area contributed by atoms with Crippen LogP contribution in [0.4, 0.5) is 0 Å². The number of benzene rings is 2. The van der Waals surface area contributed by atoms with Gasteiger partial charge in [0, 0.05) is 44.3 Å². The van der Waals surface area contributed by atoms with Gasteiger partial charge in [-0.05, 0) is 60.0 Å². The third kappa shape index (κ3) is 5.65. The molecule has 5 rings (SSSR count). The number of aromatic nitrogens is 1. The number of rotatable bonds is 7. The van der Waals surface area contributed by atoms with Crippen LogP contribution in [0.5, 0.6) is 11.5 Å². The van der Waals surface area contributed by atoms with E-state index in [0.717, 1.165) is 44.5 Å². The topological polar surface area (TPSA) is 57.8 Å². The van der Waals surface area contributed by atoms with Crippen LogP contribution in [0.2, 0.25) is 5.02 Å². The summed E-state index contributed by atoms with van der Waals surface area (Å²) in [6.45, 7) is 9.40. The number of nitrogens with one attached hydrogen (secondary N) is 1. The van der Waals surface area contributed by atoms with E-state index in [4.69, 9.17) is 21.1 Å². The Labute approximate surface area is 218 Å². The lowest BCUT2D eigenvalue weighted by molar-refractivity contribution is -0.138. The van der Waals surface area contributed by atoms with Crippen LogP contribution in [0.3, 0.4) is 0 Å². The average molecular weight is 510 g/mol. The predicted molar refractivity (Wildman–Crippen MR) is 144 cm³/mol. The molecule has 1 aromatic heterocycles. The van der Waals surface area contributed by atoms with Gasteiger partial charge in [-0.3, -0.25) is 9.69 Å².